The largest absolute Gasteiger partial charge is 0.445 e. The second kappa shape index (κ2) is 9.55. The monoisotopic (exact) mass is 533 g/mol. The molecule has 0 saturated heterocycles. The number of hydrogen-bond donors (Lipinski definition) is 2. The van der Waals surface area contributed by atoms with Crippen molar-refractivity contribution in [3.8, 4) is 17.5 Å². The Balaban J connectivity index is 1.45. The molecule has 12 nitrogen and oxygen atoms in total. The predicted octanol–water partition coefficient (Wildman–Crippen LogP) is 2.54. The van der Waals surface area contributed by atoms with Gasteiger partial charge in [-0.1, -0.05) is 30.0 Å². The van der Waals surface area contributed by atoms with Gasteiger partial charge in [-0.05, 0) is 32.0 Å². The van der Waals surface area contributed by atoms with Gasteiger partial charge in [-0.15, -0.1) is 5.10 Å². The number of nitrogens with one attached hydrogen (secondary N) is 1. The summed E-state index contributed by atoms with van der Waals surface area (Å²) in [6.07, 6.45) is 6.27. The van der Waals surface area contributed by atoms with E-state index in [0.717, 1.165) is 11.3 Å². The summed E-state index contributed by atoms with van der Waals surface area (Å²) >= 11 is 0. The van der Waals surface area contributed by atoms with E-state index in [2.05, 4.69) is 37.3 Å². The second-order valence-corrected chi connectivity index (χ2v) is 9.14. The van der Waals surface area contributed by atoms with Gasteiger partial charge in [-0.2, -0.15) is 10.1 Å². The van der Waals surface area contributed by atoms with Crippen molar-refractivity contribution in [1.29, 1.82) is 0 Å². The highest BCUT2D eigenvalue weighted by Gasteiger charge is 2.25. The third-order valence-electron chi connectivity index (χ3n) is 6.60. The summed E-state index contributed by atoms with van der Waals surface area (Å²) < 4.78 is 10.3. The van der Waals surface area contributed by atoms with Crippen molar-refractivity contribution in [3.63, 3.8) is 0 Å². The van der Waals surface area contributed by atoms with Crippen LogP contribution >= 0.6 is 0 Å². The Kier molecular flexibility index (Phi) is 5.88. The highest BCUT2D eigenvalue weighted by atomic mass is 16.3. The maximum atomic E-state index is 14.0. The number of carbonyl (C=O) groups is 1. The van der Waals surface area contributed by atoms with Crippen LogP contribution in [0.15, 0.2) is 70.5 Å². The van der Waals surface area contributed by atoms with Crippen molar-refractivity contribution in [1.82, 2.24) is 39.2 Å². The highest BCUT2D eigenvalue weighted by molar-refractivity contribution is 6.04. The zero-order chi connectivity index (χ0) is 28.0. The van der Waals surface area contributed by atoms with Crippen LogP contribution in [0.2, 0.25) is 0 Å². The van der Waals surface area contributed by atoms with E-state index in [4.69, 9.17) is 10.2 Å². The first kappa shape index (κ1) is 24.6. The number of nitrogens with two attached hydrogens (primary N) is 1. The standard InChI is InChI=1S/C28H23N9O3/c1-16(32-26(38)22-23(29)34-36-13-7-12-30-25(22)36)24-33-27-21(28(39)37(24)20-8-5-4-6-9-20)19(15-40-27)11-10-18-14-31-35(3)17(18)2/h4-9,12-16H,1-3H3,(H2,29,34)(H,32,38)/t16-/m1/s1. The van der Waals surface area contributed by atoms with Crippen LogP contribution in [0.25, 0.3) is 22.4 Å². The molecule has 6 rings (SSSR count). The molecule has 198 valence electrons. The molecule has 0 radical (unpaired) electrons. The molecule has 0 saturated carbocycles. The molecule has 0 fully saturated rings. The Morgan fingerprint density at radius 1 is 1.15 bits per heavy atom. The SMILES string of the molecule is Cc1c(C#Cc2coc3nc([C@@H](C)NC(=O)c4c(N)nn5cccnc45)n(-c4ccccc4)c(=O)c23)cnn1C. The maximum absolute atomic E-state index is 14.0. The van der Waals surface area contributed by atoms with Gasteiger partial charge in [0.2, 0.25) is 5.71 Å². The summed E-state index contributed by atoms with van der Waals surface area (Å²) in [5.41, 5.74) is 8.80. The minimum atomic E-state index is -0.736. The molecule has 3 N–H and O–H groups in total. The number of nitrogens with zero attached hydrogens (tertiary/aromatic N) is 7. The van der Waals surface area contributed by atoms with Crippen LogP contribution in [0.1, 0.15) is 46.0 Å². The number of aromatic nitrogens is 7. The lowest BCUT2D eigenvalue weighted by atomic mass is 10.2. The van der Waals surface area contributed by atoms with E-state index >= 15 is 0 Å². The van der Waals surface area contributed by atoms with Crippen LogP contribution in [0.3, 0.4) is 0 Å². The lowest BCUT2D eigenvalue weighted by molar-refractivity contribution is 0.0940. The van der Waals surface area contributed by atoms with Crippen molar-refractivity contribution in [3.05, 3.63) is 99.8 Å². The van der Waals surface area contributed by atoms with E-state index in [1.165, 1.54) is 15.3 Å². The number of anilines is 1. The van der Waals surface area contributed by atoms with E-state index in [9.17, 15) is 9.59 Å². The van der Waals surface area contributed by atoms with Crippen LogP contribution in [0.5, 0.6) is 0 Å². The summed E-state index contributed by atoms with van der Waals surface area (Å²) in [6, 6.07) is 9.98. The molecule has 1 atom stereocenters. The summed E-state index contributed by atoms with van der Waals surface area (Å²) in [4.78, 5) is 36.2. The molecule has 40 heavy (non-hydrogen) atoms. The fourth-order valence-electron chi connectivity index (χ4n) is 4.43. The lowest BCUT2D eigenvalue weighted by Gasteiger charge is -2.18. The minimum Gasteiger partial charge on any atom is -0.445 e. The van der Waals surface area contributed by atoms with E-state index in [1.54, 1.807) is 48.4 Å². The van der Waals surface area contributed by atoms with Gasteiger partial charge in [0.1, 0.15) is 23.0 Å². The normalized spacial score (nSPS) is 11.9. The molecule has 0 aliphatic rings. The molecule has 1 aromatic carbocycles. The number of furan rings is 1. The van der Waals surface area contributed by atoms with Crippen LogP contribution < -0.4 is 16.6 Å². The third kappa shape index (κ3) is 4.06. The molecule has 1 amide bonds. The smallest absolute Gasteiger partial charge is 0.270 e. The molecule has 5 aromatic heterocycles. The fourth-order valence-corrected chi connectivity index (χ4v) is 4.43. The number of fused-ring (bicyclic) bond motifs is 2. The van der Waals surface area contributed by atoms with Crippen molar-refractivity contribution < 1.29 is 9.21 Å². The van der Waals surface area contributed by atoms with Crippen LogP contribution in [-0.2, 0) is 7.05 Å². The third-order valence-corrected chi connectivity index (χ3v) is 6.60. The number of carbonyl (C=O) groups excluding carboxylic acids is 1. The van der Waals surface area contributed by atoms with E-state index in [-0.39, 0.29) is 33.9 Å². The summed E-state index contributed by atoms with van der Waals surface area (Å²) in [5.74, 6) is 5.88. The first-order valence-electron chi connectivity index (χ1n) is 12.3. The van der Waals surface area contributed by atoms with E-state index in [0.29, 0.717) is 16.9 Å². The fraction of sp³-hybridized carbons (Fsp3) is 0.143. The molecular formula is C28H23N9O3. The number of rotatable bonds is 4. The Morgan fingerprint density at radius 2 is 1.93 bits per heavy atom. The minimum absolute atomic E-state index is 0.0327. The topological polar surface area (TPSA) is 151 Å². The van der Waals surface area contributed by atoms with E-state index in [1.807, 2.05) is 32.2 Å². The van der Waals surface area contributed by atoms with Crippen molar-refractivity contribution in [2.75, 3.05) is 5.73 Å². The molecule has 5 heterocycles. The first-order chi connectivity index (χ1) is 19.3. The molecule has 6 aromatic rings. The van der Waals surface area contributed by atoms with Crippen molar-refractivity contribution in [2.45, 2.75) is 19.9 Å². The van der Waals surface area contributed by atoms with Gasteiger partial charge in [0, 0.05) is 19.4 Å². The number of nitrogen functional groups attached to an aromatic ring is 1. The molecule has 0 unspecified atom stereocenters. The number of amides is 1. The number of para-hydroxylation sites is 1. The molecule has 0 aliphatic heterocycles. The summed E-state index contributed by atoms with van der Waals surface area (Å²) in [5, 5.41) is 11.5. The zero-order valence-corrected chi connectivity index (χ0v) is 21.8. The summed E-state index contributed by atoms with van der Waals surface area (Å²) in [6.45, 7) is 3.63. The van der Waals surface area contributed by atoms with Gasteiger partial charge in [-0.3, -0.25) is 18.8 Å². The average Bonchev–Trinajstić information content (AvgIpc) is 3.62. The number of hydrogen-bond acceptors (Lipinski definition) is 8. The zero-order valence-electron chi connectivity index (χ0n) is 21.8. The number of aryl methyl sites for hydroxylation is 1. The van der Waals surface area contributed by atoms with Gasteiger partial charge in [0.05, 0.1) is 34.7 Å². The molecular weight excluding hydrogens is 510 g/mol. The van der Waals surface area contributed by atoms with E-state index < -0.39 is 11.9 Å². The second-order valence-electron chi connectivity index (χ2n) is 9.14. The van der Waals surface area contributed by atoms with Crippen LogP contribution in [0.4, 0.5) is 5.82 Å². The first-order valence-corrected chi connectivity index (χ1v) is 12.3. The highest BCUT2D eigenvalue weighted by Crippen LogP contribution is 2.23. The lowest BCUT2D eigenvalue weighted by Crippen LogP contribution is -2.33. The van der Waals surface area contributed by atoms with Crippen LogP contribution in [-0.4, -0.2) is 39.8 Å². The Morgan fingerprint density at radius 3 is 2.67 bits per heavy atom. The predicted molar refractivity (Wildman–Crippen MR) is 147 cm³/mol. The van der Waals surface area contributed by atoms with Gasteiger partial charge >= 0.3 is 0 Å². The molecule has 0 aliphatic carbocycles. The van der Waals surface area contributed by atoms with Crippen molar-refractivity contribution >= 4 is 28.5 Å². The average molecular weight is 534 g/mol. The Labute approximate surface area is 227 Å². The molecule has 12 heteroatoms. The van der Waals surface area contributed by atoms with Crippen LogP contribution in [0, 0.1) is 18.8 Å². The number of benzene rings is 1. The van der Waals surface area contributed by atoms with Crippen molar-refractivity contribution in [2.24, 2.45) is 7.05 Å². The van der Waals surface area contributed by atoms with Gasteiger partial charge in [0.15, 0.2) is 11.5 Å². The van der Waals surface area contributed by atoms with Gasteiger partial charge in [-0.25, -0.2) is 9.50 Å². The molecule has 0 spiro atoms. The van der Waals surface area contributed by atoms with Gasteiger partial charge < -0.3 is 15.5 Å². The van der Waals surface area contributed by atoms with Gasteiger partial charge in [0.25, 0.3) is 11.5 Å². The quantitative estimate of drug-likeness (QED) is 0.328. The summed E-state index contributed by atoms with van der Waals surface area (Å²) in [7, 11) is 1.83. The maximum Gasteiger partial charge on any atom is 0.270 e. The Bertz CT molecular complexity index is 2040. The molecule has 0 bridgehead atoms. The Hall–Kier alpha value is -5.70.